The number of benzene rings is 4. The third kappa shape index (κ3) is 3.60. The Labute approximate surface area is 237 Å². The first-order chi connectivity index (χ1) is 20.3. The summed E-state index contributed by atoms with van der Waals surface area (Å²) < 4.78 is 2.28. The SMILES string of the molecule is C=Nc1ccccc1N1Cc2ccccc2-c2c1ccc1c2c2ccccc2n1-c1cccc(-c2ccccn2)n1. The van der Waals surface area contributed by atoms with Gasteiger partial charge in [-0.05, 0) is 72.4 Å². The van der Waals surface area contributed by atoms with Gasteiger partial charge in [0, 0.05) is 29.1 Å². The number of anilines is 2. The second kappa shape index (κ2) is 9.28. The van der Waals surface area contributed by atoms with Crippen LogP contribution < -0.4 is 4.90 Å². The zero-order valence-corrected chi connectivity index (χ0v) is 22.3. The van der Waals surface area contributed by atoms with Crippen molar-refractivity contribution in [2.24, 2.45) is 4.99 Å². The normalized spacial score (nSPS) is 12.3. The van der Waals surface area contributed by atoms with Crippen molar-refractivity contribution in [3.05, 3.63) is 133 Å². The molecule has 41 heavy (non-hydrogen) atoms. The van der Waals surface area contributed by atoms with E-state index in [1.54, 1.807) is 6.20 Å². The summed E-state index contributed by atoms with van der Waals surface area (Å²) in [6.07, 6.45) is 1.81. The van der Waals surface area contributed by atoms with Gasteiger partial charge < -0.3 is 4.90 Å². The van der Waals surface area contributed by atoms with Crippen molar-refractivity contribution in [2.45, 2.75) is 6.54 Å². The molecule has 4 aromatic carbocycles. The van der Waals surface area contributed by atoms with Gasteiger partial charge in [-0.2, -0.15) is 0 Å². The van der Waals surface area contributed by atoms with Crippen molar-refractivity contribution in [3.63, 3.8) is 0 Å². The molecule has 0 unspecified atom stereocenters. The predicted octanol–water partition coefficient (Wildman–Crippen LogP) is 8.89. The number of aliphatic imine (C=N–C) groups is 1. The van der Waals surface area contributed by atoms with Crippen LogP contribution in [0, 0.1) is 0 Å². The van der Waals surface area contributed by atoms with Crippen LogP contribution in [0.4, 0.5) is 17.1 Å². The summed E-state index contributed by atoms with van der Waals surface area (Å²) in [4.78, 5) is 16.4. The number of fused-ring (bicyclic) bond motifs is 7. The van der Waals surface area contributed by atoms with Crippen LogP contribution in [0.2, 0.25) is 0 Å². The molecule has 194 valence electrons. The first-order valence-electron chi connectivity index (χ1n) is 13.7. The number of pyridine rings is 2. The third-order valence-corrected chi connectivity index (χ3v) is 7.96. The Kier molecular flexibility index (Phi) is 5.28. The Bertz CT molecular complexity index is 2110. The van der Waals surface area contributed by atoms with E-state index >= 15 is 0 Å². The van der Waals surface area contributed by atoms with Crippen LogP contribution in [-0.4, -0.2) is 21.3 Å². The van der Waals surface area contributed by atoms with Crippen LogP contribution in [-0.2, 0) is 6.54 Å². The fourth-order valence-electron chi connectivity index (χ4n) is 6.20. The summed E-state index contributed by atoms with van der Waals surface area (Å²) in [5, 5.41) is 2.40. The molecule has 5 nitrogen and oxygen atoms in total. The second-order valence-electron chi connectivity index (χ2n) is 10.2. The largest absolute Gasteiger partial charge is 0.335 e. The van der Waals surface area contributed by atoms with E-state index in [1.165, 1.54) is 27.5 Å². The van der Waals surface area contributed by atoms with E-state index in [-0.39, 0.29) is 0 Å². The van der Waals surface area contributed by atoms with E-state index in [0.717, 1.165) is 51.8 Å². The average molecular weight is 528 g/mol. The molecule has 0 amide bonds. The second-order valence-corrected chi connectivity index (χ2v) is 10.2. The first kappa shape index (κ1) is 23.3. The van der Waals surface area contributed by atoms with Crippen LogP contribution in [0.5, 0.6) is 0 Å². The smallest absolute Gasteiger partial charge is 0.138 e. The van der Waals surface area contributed by atoms with Crippen LogP contribution in [0.3, 0.4) is 0 Å². The molecule has 0 N–H and O–H groups in total. The monoisotopic (exact) mass is 527 g/mol. The molecular formula is C36H25N5. The summed E-state index contributed by atoms with van der Waals surface area (Å²) in [5.74, 6) is 0.862. The maximum Gasteiger partial charge on any atom is 0.138 e. The maximum absolute atomic E-state index is 5.10. The molecule has 0 aliphatic carbocycles. The molecule has 5 heteroatoms. The molecule has 0 fully saturated rings. The minimum atomic E-state index is 0.757. The zero-order valence-electron chi connectivity index (χ0n) is 22.3. The van der Waals surface area contributed by atoms with E-state index in [4.69, 9.17) is 4.98 Å². The van der Waals surface area contributed by atoms with Gasteiger partial charge in [0.15, 0.2) is 0 Å². The highest BCUT2D eigenvalue weighted by atomic mass is 15.2. The Morgan fingerprint density at radius 1 is 0.659 bits per heavy atom. The Hall–Kier alpha value is -5.55. The van der Waals surface area contributed by atoms with E-state index < -0.39 is 0 Å². The van der Waals surface area contributed by atoms with E-state index in [1.807, 2.05) is 36.4 Å². The van der Waals surface area contributed by atoms with Crippen molar-refractivity contribution in [1.29, 1.82) is 0 Å². The fraction of sp³-hybridized carbons (Fsp3) is 0.0278. The van der Waals surface area contributed by atoms with Crippen molar-refractivity contribution in [3.8, 4) is 28.3 Å². The number of para-hydroxylation sites is 3. The van der Waals surface area contributed by atoms with Crippen LogP contribution in [0.1, 0.15) is 5.56 Å². The summed E-state index contributed by atoms with van der Waals surface area (Å²) in [5.41, 5.74) is 10.8. The van der Waals surface area contributed by atoms with Crippen molar-refractivity contribution in [1.82, 2.24) is 14.5 Å². The lowest BCUT2D eigenvalue weighted by molar-refractivity contribution is 0.963. The molecule has 4 heterocycles. The van der Waals surface area contributed by atoms with Gasteiger partial charge in [-0.25, -0.2) is 4.98 Å². The van der Waals surface area contributed by atoms with Crippen LogP contribution in [0.15, 0.2) is 133 Å². The van der Waals surface area contributed by atoms with Gasteiger partial charge in [0.2, 0.25) is 0 Å². The lowest BCUT2D eigenvalue weighted by atomic mass is 9.89. The van der Waals surface area contributed by atoms with Crippen LogP contribution >= 0.6 is 0 Å². The molecular weight excluding hydrogens is 502 g/mol. The summed E-state index contributed by atoms with van der Waals surface area (Å²) >= 11 is 0. The van der Waals surface area contributed by atoms with E-state index in [2.05, 4.69) is 111 Å². The van der Waals surface area contributed by atoms with Gasteiger partial charge in [0.25, 0.3) is 0 Å². The van der Waals surface area contributed by atoms with Gasteiger partial charge in [-0.1, -0.05) is 66.7 Å². The average Bonchev–Trinajstić information content (AvgIpc) is 3.39. The quantitative estimate of drug-likeness (QED) is 0.215. The highest BCUT2D eigenvalue weighted by Gasteiger charge is 2.28. The number of nitrogens with zero attached hydrogens (tertiary/aromatic N) is 5. The lowest BCUT2D eigenvalue weighted by Gasteiger charge is -2.34. The van der Waals surface area contributed by atoms with E-state index in [9.17, 15) is 0 Å². The molecule has 1 aliphatic heterocycles. The van der Waals surface area contributed by atoms with Gasteiger partial charge in [0.1, 0.15) is 5.82 Å². The Balaban J connectivity index is 1.45. The predicted molar refractivity (Wildman–Crippen MR) is 169 cm³/mol. The molecule has 3 aromatic heterocycles. The maximum atomic E-state index is 5.10. The van der Waals surface area contributed by atoms with Crippen molar-refractivity contribution >= 4 is 45.6 Å². The van der Waals surface area contributed by atoms with Crippen molar-refractivity contribution < 1.29 is 0 Å². The Morgan fingerprint density at radius 2 is 1.46 bits per heavy atom. The van der Waals surface area contributed by atoms with Crippen LogP contribution in [0.25, 0.3) is 50.1 Å². The molecule has 0 bridgehead atoms. The topological polar surface area (TPSA) is 46.3 Å². The van der Waals surface area contributed by atoms with Crippen molar-refractivity contribution in [2.75, 3.05) is 4.90 Å². The molecule has 8 rings (SSSR count). The Morgan fingerprint density at radius 3 is 2.37 bits per heavy atom. The number of aromatic nitrogens is 3. The number of hydrogen-bond donors (Lipinski definition) is 0. The molecule has 7 aromatic rings. The highest BCUT2D eigenvalue weighted by Crippen LogP contribution is 2.50. The molecule has 0 saturated carbocycles. The summed E-state index contributed by atoms with van der Waals surface area (Å²) in [6, 6.07) is 42.1. The molecule has 0 spiro atoms. The van der Waals surface area contributed by atoms with Gasteiger partial charge >= 0.3 is 0 Å². The molecule has 0 radical (unpaired) electrons. The molecule has 0 saturated heterocycles. The number of hydrogen-bond acceptors (Lipinski definition) is 4. The fourth-order valence-corrected chi connectivity index (χ4v) is 6.20. The standard InChI is InChI=1S/C36H25N5/c1-37-29-15-5-7-18-31(29)40-23-24-11-2-3-12-25(24)35-32(40)20-21-33-36(35)26-13-4-6-17-30(26)41(33)34-19-10-16-28(39-34)27-14-8-9-22-38-27/h2-22H,1,23H2. The summed E-state index contributed by atoms with van der Waals surface area (Å²) in [7, 11) is 0. The van der Waals surface area contributed by atoms with Gasteiger partial charge in [-0.15, -0.1) is 0 Å². The molecule has 0 atom stereocenters. The minimum Gasteiger partial charge on any atom is -0.335 e. The molecule has 1 aliphatic rings. The van der Waals surface area contributed by atoms with Gasteiger partial charge in [-0.3, -0.25) is 14.5 Å². The number of rotatable bonds is 4. The summed E-state index contributed by atoms with van der Waals surface area (Å²) in [6.45, 7) is 4.61. The third-order valence-electron chi connectivity index (χ3n) is 7.96. The van der Waals surface area contributed by atoms with Gasteiger partial charge in [0.05, 0.1) is 39.5 Å². The zero-order chi connectivity index (χ0) is 27.3. The van der Waals surface area contributed by atoms with E-state index in [0.29, 0.717) is 0 Å². The first-order valence-corrected chi connectivity index (χ1v) is 13.7. The lowest BCUT2D eigenvalue weighted by Crippen LogP contribution is -2.21. The minimum absolute atomic E-state index is 0.757. The highest BCUT2D eigenvalue weighted by molar-refractivity contribution is 6.19.